The number of anilines is 1. The fourth-order valence-electron chi connectivity index (χ4n) is 2.55. The topological polar surface area (TPSA) is 43.8 Å². The number of hydrogen-bond acceptors (Lipinski definition) is 2. The first-order valence-electron chi connectivity index (χ1n) is 7.13. The molecule has 0 unspecified atom stereocenters. The van der Waals surface area contributed by atoms with Crippen LogP contribution in [-0.4, -0.2) is 9.55 Å². The van der Waals surface area contributed by atoms with Gasteiger partial charge in [-0.05, 0) is 49.2 Å². The Hall–Kier alpha value is -1.81. The molecule has 0 fully saturated rings. The summed E-state index contributed by atoms with van der Waals surface area (Å²) in [7, 11) is 0. The molecule has 0 aliphatic heterocycles. The van der Waals surface area contributed by atoms with Crippen molar-refractivity contribution in [3.8, 4) is 5.69 Å². The largest absolute Gasteiger partial charge is 0.399 e. The van der Waals surface area contributed by atoms with Gasteiger partial charge in [-0.3, -0.25) is 4.57 Å². The van der Waals surface area contributed by atoms with Crippen molar-refractivity contribution in [2.75, 3.05) is 5.73 Å². The molecule has 4 heteroatoms. The molecule has 3 aromatic rings. The lowest BCUT2D eigenvalue weighted by Crippen LogP contribution is -2.01. The minimum Gasteiger partial charge on any atom is -0.399 e. The highest BCUT2D eigenvalue weighted by molar-refractivity contribution is 9.10. The minimum atomic E-state index is 0.750. The van der Waals surface area contributed by atoms with Gasteiger partial charge in [-0.25, -0.2) is 4.98 Å². The molecule has 0 aliphatic rings. The first-order valence-corrected chi connectivity index (χ1v) is 7.93. The molecule has 0 amide bonds. The lowest BCUT2D eigenvalue weighted by molar-refractivity contribution is 0.818. The number of halogens is 1. The lowest BCUT2D eigenvalue weighted by Gasteiger charge is -2.10. The van der Waals surface area contributed by atoms with E-state index in [-0.39, 0.29) is 0 Å². The average molecular weight is 344 g/mol. The molecular weight excluding hydrogens is 326 g/mol. The summed E-state index contributed by atoms with van der Waals surface area (Å²) >= 11 is 3.62. The SMILES string of the molecule is CCCc1nc2cc(N)ccc2n1-c1ccc(C)c(Br)c1. The Labute approximate surface area is 132 Å². The molecule has 0 spiro atoms. The Morgan fingerprint density at radius 3 is 2.71 bits per heavy atom. The molecular formula is C17H18BrN3. The number of imidazole rings is 1. The van der Waals surface area contributed by atoms with Crippen LogP contribution in [0.4, 0.5) is 5.69 Å². The zero-order valence-corrected chi connectivity index (χ0v) is 13.8. The second kappa shape index (κ2) is 5.53. The highest BCUT2D eigenvalue weighted by atomic mass is 79.9. The van der Waals surface area contributed by atoms with Crippen molar-refractivity contribution in [1.82, 2.24) is 9.55 Å². The number of nitrogens with two attached hydrogens (primary N) is 1. The van der Waals surface area contributed by atoms with Gasteiger partial charge in [0.15, 0.2) is 0 Å². The maximum Gasteiger partial charge on any atom is 0.114 e. The Bertz CT molecular complexity index is 805. The zero-order valence-electron chi connectivity index (χ0n) is 12.2. The average Bonchev–Trinajstić information content (AvgIpc) is 2.79. The van der Waals surface area contributed by atoms with E-state index in [4.69, 9.17) is 10.7 Å². The first-order chi connectivity index (χ1) is 10.1. The normalized spacial score (nSPS) is 11.2. The van der Waals surface area contributed by atoms with Crippen LogP contribution < -0.4 is 5.73 Å². The van der Waals surface area contributed by atoms with E-state index in [1.807, 2.05) is 18.2 Å². The van der Waals surface area contributed by atoms with Crippen LogP contribution in [0, 0.1) is 6.92 Å². The molecule has 2 aromatic carbocycles. The summed E-state index contributed by atoms with van der Waals surface area (Å²) in [6, 6.07) is 12.3. The molecule has 0 atom stereocenters. The molecule has 2 N–H and O–H groups in total. The molecule has 0 bridgehead atoms. The number of fused-ring (bicyclic) bond motifs is 1. The van der Waals surface area contributed by atoms with Crippen molar-refractivity contribution in [2.24, 2.45) is 0 Å². The van der Waals surface area contributed by atoms with Gasteiger partial charge in [0.2, 0.25) is 0 Å². The van der Waals surface area contributed by atoms with Gasteiger partial charge in [0, 0.05) is 22.3 Å². The summed E-state index contributed by atoms with van der Waals surface area (Å²) < 4.78 is 3.34. The third-order valence-electron chi connectivity index (χ3n) is 3.64. The summed E-state index contributed by atoms with van der Waals surface area (Å²) in [5.41, 5.74) is 11.0. The van der Waals surface area contributed by atoms with Crippen LogP contribution in [0.3, 0.4) is 0 Å². The summed E-state index contributed by atoms with van der Waals surface area (Å²) in [4.78, 5) is 4.76. The standard InChI is InChI=1S/C17H18BrN3/c1-3-4-17-20-15-9-12(19)6-8-16(15)21(17)13-7-5-11(2)14(18)10-13/h5-10H,3-4,19H2,1-2H3. The molecule has 0 radical (unpaired) electrons. The van der Waals surface area contributed by atoms with E-state index in [2.05, 4.69) is 52.5 Å². The first kappa shape index (κ1) is 14.1. The smallest absolute Gasteiger partial charge is 0.114 e. The van der Waals surface area contributed by atoms with Crippen LogP contribution in [-0.2, 0) is 6.42 Å². The maximum absolute atomic E-state index is 5.88. The fourth-order valence-corrected chi connectivity index (χ4v) is 2.91. The molecule has 0 aliphatic carbocycles. The molecule has 1 aromatic heterocycles. The molecule has 0 saturated heterocycles. The third kappa shape index (κ3) is 2.56. The van der Waals surface area contributed by atoms with Gasteiger partial charge >= 0.3 is 0 Å². The van der Waals surface area contributed by atoms with Gasteiger partial charge in [-0.2, -0.15) is 0 Å². The van der Waals surface area contributed by atoms with Gasteiger partial charge in [0.05, 0.1) is 11.0 Å². The van der Waals surface area contributed by atoms with Gasteiger partial charge in [-0.1, -0.05) is 28.9 Å². The van der Waals surface area contributed by atoms with Crippen molar-refractivity contribution < 1.29 is 0 Å². The molecule has 3 nitrogen and oxygen atoms in total. The maximum atomic E-state index is 5.88. The van der Waals surface area contributed by atoms with Crippen LogP contribution in [0.15, 0.2) is 40.9 Å². The van der Waals surface area contributed by atoms with Crippen LogP contribution in [0.25, 0.3) is 16.7 Å². The molecule has 108 valence electrons. The number of aryl methyl sites for hydroxylation is 2. The Balaban J connectivity index is 2.27. The minimum absolute atomic E-state index is 0.750. The highest BCUT2D eigenvalue weighted by Gasteiger charge is 2.12. The van der Waals surface area contributed by atoms with Crippen LogP contribution >= 0.6 is 15.9 Å². The quantitative estimate of drug-likeness (QED) is 0.704. The van der Waals surface area contributed by atoms with Crippen molar-refractivity contribution in [2.45, 2.75) is 26.7 Å². The predicted molar refractivity (Wildman–Crippen MR) is 91.9 cm³/mol. The van der Waals surface area contributed by atoms with Gasteiger partial charge in [0.1, 0.15) is 5.82 Å². The van der Waals surface area contributed by atoms with E-state index in [9.17, 15) is 0 Å². The molecule has 1 heterocycles. The number of rotatable bonds is 3. The Morgan fingerprint density at radius 1 is 1.19 bits per heavy atom. The Kier molecular flexibility index (Phi) is 3.72. The monoisotopic (exact) mass is 343 g/mol. The van der Waals surface area contributed by atoms with Gasteiger partial charge in [0.25, 0.3) is 0 Å². The van der Waals surface area contributed by atoms with E-state index in [1.54, 1.807) is 0 Å². The summed E-state index contributed by atoms with van der Waals surface area (Å²) in [6.07, 6.45) is 2.01. The van der Waals surface area contributed by atoms with Crippen LogP contribution in [0.5, 0.6) is 0 Å². The summed E-state index contributed by atoms with van der Waals surface area (Å²) in [6.45, 7) is 4.26. The lowest BCUT2D eigenvalue weighted by atomic mass is 10.2. The number of benzene rings is 2. The van der Waals surface area contributed by atoms with Crippen molar-refractivity contribution >= 4 is 32.7 Å². The van der Waals surface area contributed by atoms with E-state index in [1.165, 1.54) is 5.56 Å². The van der Waals surface area contributed by atoms with E-state index < -0.39 is 0 Å². The fraction of sp³-hybridized carbons (Fsp3) is 0.235. The number of hydrogen-bond donors (Lipinski definition) is 1. The summed E-state index contributed by atoms with van der Waals surface area (Å²) in [5, 5.41) is 0. The van der Waals surface area contributed by atoms with E-state index in [0.717, 1.165) is 45.5 Å². The number of nitrogen functional groups attached to an aromatic ring is 1. The zero-order chi connectivity index (χ0) is 15.0. The van der Waals surface area contributed by atoms with E-state index >= 15 is 0 Å². The van der Waals surface area contributed by atoms with Crippen molar-refractivity contribution in [3.63, 3.8) is 0 Å². The highest BCUT2D eigenvalue weighted by Crippen LogP contribution is 2.27. The second-order valence-corrected chi connectivity index (χ2v) is 6.15. The van der Waals surface area contributed by atoms with E-state index in [0.29, 0.717) is 0 Å². The van der Waals surface area contributed by atoms with Gasteiger partial charge < -0.3 is 5.73 Å². The van der Waals surface area contributed by atoms with Crippen molar-refractivity contribution in [1.29, 1.82) is 0 Å². The van der Waals surface area contributed by atoms with Gasteiger partial charge in [-0.15, -0.1) is 0 Å². The van der Waals surface area contributed by atoms with Crippen molar-refractivity contribution in [3.05, 3.63) is 52.3 Å². The second-order valence-electron chi connectivity index (χ2n) is 5.30. The van der Waals surface area contributed by atoms with Crippen LogP contribution in [0.2, 0.25) is 0 Å². The number of nitrogens with zero attached hydrogens (tertiary/aromatic N) is 2. The summed E-state index contributed by atoms with van der Waals surface area (Å²) in [5.74, 6) is 1.08. The number of aromatic nitrogens is 2. The third-order valence-corrected chi connectivity index (χ3v) is 4.49. The molecule has 3 rings (SSSR count). The Morgan fingerprint density at radius 2 is 2.00 bits per heavy atom. The molecule has 21 heavy (non-hydrogen) atoms. The van der Waals surface area contributed by atoms with Crippen LogP contribution in [0.1, 0.15) is 24.7 Å². The molecule has 0 saturated carbocycles. The predicted octanol–water partition coefficient (Wildman–Crippen LogP) is 4.63.